The lowest BCUT2D eigenvalue weighted by atomic mass is 10.2. The zero-order valence-corrected chi connectivity index (χ0v) is 16.5. The Morgan fingerprint density at radius 3 is 2.92 bits per heavy atom. The van der Waals surface area contributed by atoms with Crippen LogP contribution < -0.4 is 15.8 Å². The van der Waals surface area contributed by atoms with E-state index in [4.69, 9.17) is 15.0 Å². The van der Waals surface area contributed by atoms with E-state index >= 15 is 0 Å². The number of hydrogen-bond donors (Lipinski definition) is 2. The summed E-state index contributed by atoms with van der Waals surface area (Å²) in [6, 6.07) is 5.66. The van der Waals surface area contributed by atoms with Crippen LogP contribution in [0.15, 0.2) is 41.8 Å². The zero-order valence-electron chi connectivity index (χ0n) is 15.6. The summed E-state index contributed by atoms with van der Waals surface area (Å²) < 4.78 is 11.2. The number of nitrogens with two attached hydrogens (primary N) is 1. The summed E-state index contributed by atoms with van der Waals surface area (Å²) in [6.45, 7) is 8.74. The Kier molecular flexibility index (Phi) is 7.75. The number of rotatable bonds is 9. The molecule has 0 radical (unpaired) electrons. The molecule has 0 saturated heterocycles. The van der Waals surface area contributed by atoms with Crippen LogP contribution in [0.2, 0.25) is 0 Å². The lowest BCUT2D eigenvalue weighted by Gasteiger charge is -2.10. The fraction of sp³-hybridized carbons (Fsp3) is 0.389. The van der Waals surface area contributed by atoms with Crippen LogP contribution in [0.3, 0.4) is 0 Å². The second-order valence-electron chi connectivity index (χ2n) is 5.82. The van der Waals surface area contributed by atoms with E-state index in [1.165, 1.54) is 6.33 Å². The second kappa shape index (κ2) is 10.0. The van der Waals surface area contributed by atoms with Gasteiger partial charge in [0.2, 0.25) is 0 Å². The molecule has 8 heteroatoms. The van der Waals surface area contributed by atoms with Gasteiger partial charge < -0.3 is 20.3 Å². The molecular weight excluding hydrogens is 349 g/mol. The minimum absolute atomic E-state index is 0.0869. The van der Waals surface area contributed by atoms with Gasteiger partial charge in [0, 0.05) is 26.3 Å². The number of nitrogens with one attached hydrogen (secondary N) is 1. The highest BCUT2D eigenvalue weighted by Crippen LogP contribution is 2.29. The summed E-state index contributed by atoms with van der Waals surface area (Å²) >= 11 is 0. The third-order valence-electron chi connectivity index (χ3n) is 3.23. The second-order valence-corrected chi connectivity index (χ2v) is 7.65. The Morgan fingerprint density at radius 2 is 2.19 bits per heavy atom. The van der Waals surface area contributed by atoms with Gasteiger partial charge in [0.1, 0.15) is 17.9 Å². The number of aliphatic imine (C=N–C) groups is 1. The van der Waals surface area contributed by atoms with E-state index in [-0.39, 0.29) is 6.10 Å². The number of nitrogens with zero attached hydrogens (tertiary/aromatic N) is 3. The van der Waals surface area contributed by atoms with Crippen LogP contribution in [-0.2, 0) is 4.52 Å². The largest absolute Gasteiger partial charge is 0.491 e. The molecule has 0 spiro atoms. The monoisotopic (exact) mass is 375 g/mol. The number of ether oxygens (including phenoxy) is 1. The van der Waals surface area contributed by atoms with E-state index in [2.05, 4.69) is 26.9 Å². The predicted octanol–water partition coefficient (Wildman–Crippen LogP) is 3.53. The van der Waals surface area contributed by atoms with E-state index in [0.29, 0.717) is 11.7 Å². The van der Waals surface area contributed by atoms with Crippen molar-refractivity contribution in [2.24, 2.45) is 10.7 Å². The Labute approximate surface area is 155 Å². The third kappa shape index (κ3) is 6.24. The summed E-state index contributed by atoms with van der Waals surface area (Å²) in [5, 5.41) is 3.96. The maximum atomic E-state index is 6.00. The van der Waals surface area contributed by atoms with Gasteiger partial charge in [0.25, 0.3) is 0 Å². The summed E-state index contributed by atoms with van der Waals surface area (Å²) in [6.07, 6.45) is 5.81. The Hall–Kier alpha value is -2.24. The number of benzene rings is 1. The topological polar surface area (TPSA) is 94.7 Å². The van der Waals surface area contributed by atoms with Gasteiger partial charge in [-0.05, 0) is 51.7 Å². The first-order valence-corrected chi connectivity index (χ1v) is 10.4. The summed E-state index contributed by atoms with van der Waals surface area (Å²) in [4.78, 5) is 12.9. The molecule has 0 saturated carbocycles. The fourth-order valence-corrected chi connectivity index (χ4v) is 3.10. The van der Waals surface area contributed by atoms with E-state index < -0.39 is 8.15 Å². The van der Waals surface area contributed by atoms with Crippen molar-refractivity contribution in [1.82, 2.24) is 15.3 Å². The molecular formula is C18H26N5O2P. The predicted molar refractivity (Wildman–Crippen MR) is 108 cm³/mol. The summed E-state index contributed by atoms with van der Waals surface area (Å²) in [5.74, 6) is 1.62. The molecule has 140 valence electrons. The van der Waals surface area contributed by atoms with Crippen LogP contribution in [-0.4, -0.2) is 41.5 Å². The van der Waals surface area contributed by atoms with Crippen molar-refractivity contribution >= 4 is 30.7 Å². The molecule has 7 nitrogen and oxygen atoms in total. The van der Waals surface area contributed by atoms with E-state index in [0.717, 1.165) is 29.5 Å². The van der Waals surface area contributed by atoms with Crippen molar-refractivity contribution < 1.29 is 9.26 Å². The van der Waals surface area contributed by atoms with Crippen molar-refractivity contribution in [3.05, 3.63) is 36.8 Å². The molecule has 0 aliphatic carbocycles. The van der Waals surface area contributed by atoms with E-state index in [9.17, 15) is 0 Å². The van der Waals surface area contributed by atoms with Gasteiger partial charge in [-0.1, -0.05) is 0 Å². The van der Waals surface area contributed by atoms with Gasteiger partial charge in [-0.3, -0.25) is 0 Å². The highest BCUT2D eigenvalue weighted by molar-refractivity contribution is 7.51. The first-order valence-electron chi connectivity index (χ1n) is 8.49. The highest BCUT2D eigenvalue weighted by atomic mass is 31.1. The van der Waals surface area contributed by atoms with Crippen molar-refractivity contribution in [3.63, 3.8) is 0 Å². The van der Waals surface area contributed by atoms with Gasteiger partial charge in [-0.15, -0.1) is 0 Å². The van der Waals surface area contributed by atoms with Crippen molar-refractivity contribution in [3.8, 4) is 5.75 Å². The van der Waals surface area contributed by atoms with Crippen LogP contribution in [0.1, 0.15) is 20.8 Å². The third-order valence-corrected chi connectivity index (χ3v) is 4.55. The van der Waals surface area contributed by atoms with Crippen LogP contribution in [0, 0.1) is 0 Å². The van der Waals surface area contributed by atoms with Gasteiger partial charge in [-0.2, -0.15) is 0 Å². The van der Waals surface area contributed by atoms with Crippen molar-refractivity contribution in [2.75, 3.05) is 19.6 Å². The SMILES string of the molecule is CCOP(C)CN/C=C\C(N)=Nc1ncnc2ccc(OC(C)C)cc12. The molecule has 0 aliphatic rings. The fourth-order valence-electron chi connectivity index (χ4n) is 2.21. The molecule has 0 aliphatic heterocycles. The van der Waals surface area contributed by atoms with Gasteiger partial charge in [-0.25, -0.2) is 15.0 Å². The number of hydrogen-bond acceptors (Lipinski definition) is 6. The Balaban J connectivity index is 2.13. The molecule has 2 rings (SSSR count). The minimum atomic E-state index is -0.472. The number of aromatic nitrogens is 2. The molecule has 0 fully saturated rings. The zero-order chi connectivity index (χ0) is 18.9. The van der Waals surface area contributed by atoms with Crippen LogP contribution >= 0.6 is 8.15 Å². The Bertz CT molecular complexity index is 779. The molecule has 0 bridgehead atoms. The van der Waals surface area contributed by atoms with Crippen molar-refractivity contribution in [1.29, 1.82) is 0 Å². The molecule has 1 heterocycles. The normalized spacial score (nSPS) is 13.5. The molecule has 1 aromatic carbocycles. The lowest BCUT2D eigenvalue weighted by molar-refractivity contribution is 0.243. The highest BCUT2D eigenvalue weighted by Gasteiger charge is 2.06. The lowest BCUT2D eigenvalue weighted by Crippen LogP contribution is -2.11. The molecule has 26 heavy (non-hydrogen) atoms. The molecule has 1 unspecified atom stereocenters. The van der Waals surface area contributed by atoms with Crippen molar-refractivity contribution in [2.45, 2.75) is 26.9 Å². The average molecular weight is 375 g/mol. The van der Waals surface area contributed by atoms with E-state index in [1.807, 2.05) is 39.0 Å². The average Bonchev–Trinajstić information content (AvgIpc) is 2.59. The number of amidine groups is 1. The van der Waals surface area contributed by atoms with Crippen LogP contribution in [0.4, 0.5) is 5.82 Å². The van der Waals surface area contributed by atoms with Gasteiger partial charge in [0.05, 0.1) is 17.9 Å². The first-order chi connectivity index (χ1) is 12.5. The standard InChI is InChI=1S/C18H26N5O2P/c1-5-24-26(4)12-20-9-8-17(19)23-18-15-10-14(25-13(2)3)6-7-16(15)21-11-22-18/h6-11,13,20H,5,12H2,1-4H3,(H2,19,21,22,23)/b9-8-. The van der Waals surface area contributed by atoms with Crippen LogP contribution in [0.5, 0.6) is 5.75 Å². The molecule has 0 amide bonds. The molecule has 2 aromatic rings. The van der Waals surface area contributed by atoms with E-state index in [1.54, 1.807) is 12.3 Å². The maximum Gasteiger partial charge on any atom is 0.165 e. The van der Waals surface area contributed by atoms with Gasteiger partial charge >= 0.3 is 0 Å². The minimum Gasteiger partial charge on any atom is -0.491 e. The Morgan fingerprint density at radius 1 is 1.38 bits per heavy atom. The summed E-state index contributed by atoms with van der Waals surface area (Å²) in [7, 11) is -0.472. The molecule has 1 atom stereocenters. The summed E-state index contributed by atoms with van der Waals surface area (Å²) in [5.41, 5.74) is 6.79. The molecule has 1 aromatic heterocycles. The smallest absolute Gasteiger partial charge is 0.165 e. The van der Waals surface area contributed by atoms with Crippen LogP contribution in [0.25, 0.3) is 10.9 Å². The number of fused-ring (bicyclic) bond motifs is 1. The first kappa shape index (κ1) is 20.1. The maximum absolute atomic E-state index is 6.00. The quantitative estimate of drug-likeness (QED) is 0.396. The van der Waals surface area contributed by atoms with Gasteiger partial charge in [0.15, 0.2) is 5.82 Å². The molecule has 3 N–H and O–H groups in total.